The summed E-state index contributed by atoms with van der Waals surface area (Å²) in [4.78, 5) is 25.4. The molecule has 150 valence electrons. The minimum Gasteiger partial charge on any atom is -0.497 e. The second-order valence-corrected chi connectivity index (χ2v) is 9.21. The van der Waals surface area contributed by atoms with Crippen LogP contribution < -0.4 is 15.4 Å². The molecule has 5 nitrogen and oxygen atoms in total. The van der Waals surface area contributed by atoms with E-state index in [-0.39, 0.29) is 22.5 Å². The number of hydrogen-bond donors (Lipinski definition) is 2. The number of benzene rings is 2. The number of thioether (sulfide) groups is 1. The third-order valence-electron chi connectivity index (χ3n) is 3.85. The molecular weight excluding hydrogens is 372 g/mol. The van der Waals surface area contributed by atoms with Crippen LogP contribution in [0.3, 0.4) is 0 Å². The van der Waals surface area contributed by atoms with E-state index in [0.29, 0.717) is 17.9 Å². The third-order valence-corrected chi connectivity index (χ3v) is 4.96. The van der Waals surface area contributed by atoms with Crippen molar-refractivity contribution in [2.24, 2.45) is 5.41 Å². The van der Waals surface area contributed by atoms with Crippen LogP contribution in [0.2, 0.25) is 0 Å². The molecule has 0 heterocycles. The number of anilines is 2. The number of methoxy groups -OCH3 is 1. The summed E-state index contributed by atoms with van der Waals surface area (Å²) in [6.45, 7) is 7.96. The van der Waals surface area contributed by atoms with Crippen molar-refractivity contribution in [2.45, 2.75) is 44.3 Å². The van der Waals surface area contributed by atoms with E-state index in [2.05, 4.69) is 10.6 Å². The molecule has 6 heteroatoms. The van der Waals surface area contributed by atoms with Crippen molar-refractivity contribution >= 4 is 35.0 Å². The Morgan fingerprint density at radius 3 is 2.32 bits per heavy atom. The number of hydrogen-bond acceptors (Lipinski definition) is 4. The topological polar surface area (TPSA) is 67.4 Å². The molecule has 2 N–H and O–H groups in total. The van der Waals surface area contributed by atoms with Crippen molar-refractivity contribution in [3.8, 4) is 5.75 Å². The van der Waals surface area contributed by atoms with E-state index in [9.17, 15) is 9.59 Å². The highest BCUT2D eigenvalue weighted by Crippen LogP contribution is 2.27. The standard InChI is InChI=1S/C22H28N2O3S/c1-15(21(26)24-17-7-6-8-18(13-17)27-5)28-19-11-9-16(10-12-19)23-20(25)14-22(2,3)4/h6-13,15H,14H2,1-5H3,(H,23,25)(H,24,26). The van der Waals surface area contributed by atoms with Crippen LogP contribution in [0.5, 0.6) is 5.75 Å². The molecule has 0 spiro atoms. The van der Waals surface area contributed by atoms with Crippen molar-refractivity contribution in [2.75, 3.05) is 17.7 Å². The minimum atomic E-state index is -0.271. The first kappa shape index (κ1) is 21.8. The predicted octanol–water partition coefficient (Wildman–Crippen LogP) is 5.19. The van der Waals surface area contributed by atoms with E-state index >= 15 is 0 Å². The molecule has 0 aromatic heterocycles. The lowest BCUT2D eigenvalue weighted by atomic mass is 9.92. The van der Waals surface area contributed by atoms with Crippen LogP contribution in [0.15, 0.2) is 53.4 Å². The average Bonchev–Trinajstić information content (AvgIpc) is 2.61. The molecule has 2 aromatic rings. The van der Waals surface area contributed by atoms with Gasteiger partial charge in [-0.25, -0.2) is 0 Å². The van der Waals surface area contributed by atoms with E-state index in [1.54, 1.807) is 13.2 Å². The number of ether oxygens (including phenoxy) is 1. The lowest BCUT2D eigenvalue weighted by molar-refractivity contribution is -0.118. The van der Waals surface area contributed by atoms with Gasteiger partial charge in [0, 0.05) is 28.8 Å². The fraction of sp³-hybridized carbons (Fsp3) is 0.364. The Labute approximate surface area is 171 Å². The number of rotatable bonds is 7. The van der Waals surface area contributed by atoms with Crippen LogP contribution in [0.1, 0.15) is 34.1 Å². The van der Waals surface area contributed by atoms with Gasteiger partial charge in [0.2, 0.25) is 11.8 Å². The van der Waals surface area contributed by atoms with Gasteiger partial charge in [-0.05, 0) is 48.7 Å². The second kappa shape index (κ2) is 9.64. The van der Waals surface area contributed by atoms with Crippen LogP contribution in [0.25, 0.3) is 0 Å². The Kier molecular flexibility index (Phi) is 7.52. The van der Waals surface area contributed by atoms with Crippen molar-refractivity contribution < 1.29 is 14.3 Å². The third kappa shape index (κ3) is 7.27. The Hall–Kier alpha value is -2.47. The molecule has 28 heavy (non-hydrogen) atoms. The van der Waals surface area contributed by atoms with Crippen LogP contribution >= 0.6 is 11.8 Å². The predicted molar refractivity (Wildman–Crippen MR) is 116 cm³/mol. The van der Waals surface area contributed by atoms with Gasteiger partial charge in [0.15, 0.2) is 0 Å². The molecule has 0 aliphatic rings. The van der Waals surface area contributed by atoms with Gasteiger partial charge in [-0.2, -0.15) is 0 Å². The maximum atomic E-state index is 12.4. The lowest BCUT2D eigenvalue weighted by Crippen LogP contribution is -2.22. The second-order valence-electron chi connectivity index (χ2n) is 7.79. The zero-order valence-electron chi connectivity index (χ0n) is 17.0. The summed E-state index contributed by atoms with van der Waals surface area (Å²) in [7, 11) is 1.59. The van der Waals surface area contributed by atoms with Crippen molar-refractivity contribution in [1.29, 1.82) is 0 Å². The molecule has 0 aliphatic carbocycles. The first-order chi connectivity index (χ1) is 13.2. The molecule has 2 aromatic carbocycles. The number of nitrogens with one attached hydrogen (secondary N) is 2. The smallest absolute Gasteiger partial charge is 0.237 e. The molecule has 0 saturated carbocycles. The summed E-state index contributed by atoms with van der Waals surface area (Å²) in [6.07, 6.45) is 0.463. The highest BCUT2D eigenvalue weighted by molar-refractivity contribution is 8.00. The number of carbonyl (C=O) groups is 2. The fourth-order valence-electron chi connectivity index (χ4n) is 2.51. The van der Waals surface area contributed by atoms with Crippen molar-refractivity contribution in [3.05, 3.63) is 48.5 Å². The molecule has 2 amide bonds. The van der Waals surface area contributed by atoms with Gasteiger partial charge in [0.05, 0.1) is 12.4 Å². The molecule has 0 fully saturated rings. The van der Waals surface area contributed by atoms with Crippen LogP contribution in [0, 0.1) is 5.41 Å². The summed E-state index contributed by atoms with van der Waals surface area (Å²) in [5.41, 5.74) is 1.41. The highest BCUT2D eigenvalue weighted by atomic mass is 32.2. The van der Waals surface area contributed by atoms with Gasteiger partial charge >= 0.3 is 0 Å². The summed E-state index contributed by atoms with van der Waals surface area (Å²) in [5, 5.41) is 5.53. The largest absolute Gasteiger partial charge is 0.497 e. The SMILES string of the molecule is COc1cccc(NC(=O)C(C)Sc2ccc(NC(=O)CC(C)(C)C)cc2)c1. The molecule has 0 saturated heterocycles. The molecule has 0 radical (unpaired) electrons. The Morgan fingerprint density at radius 2 is 1.71 bits per heavy atom. The number of carbonyl (C=O) groups excluding carboxylic acids is 2. The van der Waals surface area contributed by atoms with E-state index < -0.39 is 0 Å². The van der Waals surface area contributed by atoms with Crippen LogP contribution in [-0.4, -0.2) is 24.2 Å². The molecule has 2 rings (SSSR count). The highest BCUT2D eigenvalue weighted by Gasteiger charge is 2.17. The Balaban J connectivity index is 1.90. The first-order valence-corrected chi connectivity index (χ1v) is 10.1. The summed E-state index contributed by atoms with van der Waals surface area (Å²) in [5.74, 6) is 0.613. The maximum Gasteiger partial charge on any atom is 0.237 e. The van der Waals surface area contributed by atoms with Crippen molar-refractivity contribution in [3.63, 3.8) is 0 Å². The van der Waals surface area contributed by atoms with Gasteiger partial charge < -0.3 is 15.4 Å². The Bertz CT molecular complexity index is 813. The maximum absolute atomic E-state index is 12.4. The molecule has 0 bridgehead atoms. The van der Waals surface area contributed by atoms with E-state index in [1.807, 2.05) is 70.2 Å². The Morgan fingerprint density at radius 1 is 1.04 bits per heavy atom. The van der Waals surface area contributed by atoms with E-state index in [0.717, 1.165) is 10.6 Å². The fourth-order valence-corrected chi connectivity index (χ4v) is 3.37. The monoisotopic (exact) mass is 400 g/mol. The van der Waals surface area contributed by atoms with Gasteiger partial charge in [-0.3, -0.25) is 9.59 Å². The minimum absolute atomic E-state index is 0.000983. The summed E-state index contributed by atoms with van der Waals surface area (Å²) < 4.78 is 5.17. The summed E-state index contributed by atoms with van der Waals surface area (Å²) in [6, 6.07) is 14.8. The zero-order valence-corrected chi connectivity index (χ0v) is 17.9. The number of amides is 2. The van der Waals surface area contributed by atoms with E-state index in [4.69, 9.17) is 4.74 Å². The zero-order chi connectivity index (χ0) is 20.7. The molecule has 1 unspecified atom stereocenters. The first-order valence-electron chi connectivity index (χ1n) is 9.18. The molecular formula is C22H28N2O3S. The average molecular weight is 401 g/mol. The van der Waals surface area contributed by atoms with Gasteiger partial charge in [-0.15, -0.1) is 11.8 Å². The van der Waals surface area contributed by atoms with E-state index in [1.165, 1.54) is 11.8 Å². The quantitative estimate of drug-likeness (QED) is 0.628. The van der Waals surface area contributed by atoms with Gasteiger partial charge in [-0.1, -0.05) is 26.8 Å². The van der Waals surface area contributed by atoms with Crippen LogP contribution in [-0.2, 0) is 9.59 Å². The van der Waals surface area contributed by atoms with Crippen molar-refractivity contribution in [1.82, 2.24) is 0 Å². The van der Waals surface area contributed by atoms with Gasteiger partial charge in [0.25, 0.3) is 0 Å². The molecule has 0 aliphatic heterocycles. The lowest BCUT2D eigenvalue weighted by Gasteiger charge is -2.17. The normalized spacial score (nSPS) is 12.2. The van der Waals surface area contributed by atoms with Gasteiger partial charge in [0.1, 0.15) is 5.75 Å². The summed E-state index contributed by atoms with van der Waals surface area (Å²) >= 11 is 1.46. The van der Waals surface area contributed by atoms with Crippen LogP contribution in [0.4, 0.5) is 11.4 Å². The molecule has 1 atom stereocenters.